The van der Waals surface area contributed by atoms with E-state index in [1.54, 1.807) is 19.2 Å². The Balaban J connectivity index is 1.90. The lowest BCUT2D eigenvalue weighted by Gasteiger charge is -2.18. The largest absolute Gasteiger partial charge is 0.497 e. The highest BCUT2D eigenvalue weighted by atomic mass is 16.5. The zero-order chi connectivity index (χ0) is 15.5. The number of rotatable bonds is 3. The molecule has 0 saturated carbocycles. The molecular weight excluding hydrogens is 278 g/mol. The van der Waals surface area contributed by atoms with Crippen LogP contribution in [0.2, 0.25) is 0 Å². The summed E-state index contributed by atoms with van der Waals surface area (Å²) in [6.07, 6.45) is 0.0501. The van der Waals surface area contributed by atoms with Crippen LogP contribution in [0.25, 0.3) is 0 Å². The first-order valence-electron chi connectivity index (χ1n) is 7.05. The number of hydrogen-bond acceptors (Lipinski definition) is 4. The first-order valence-corrected chi connectivity index (χ1v) is 7.05. The fourth-order valence-corrected chi connectivity index (χ4v) is 2.75. The second-order valence-electron chi connectivity index (χ2n) is 5.23. The van der Waals surface area contributed by atoms with Gasteiger partial charge in [0, 0.05) is 5.92 Å². The second kappa shape index (κ2) is 5.90. The quantitative estimate of drug-likeness (QED) is 0.814. The van der Waals surface area contributed by atoms with E-state index in [4.69, 9.17) is 14.7 Å². The smallest absolute Gasteiger partial charge is 0.307 e. The molecule has 0 aliphatic carbocycles. The van der Waals surface area contributed by atoms with E-state index in [0.717, 1.165) is 16.9 Å². The summed E-state index contributed by atoms with van der Waals surface area (Å²) < 4.78 is 10.7. The molecule has 2 atom stereocenters. The number of carbonyl (C=O) groups excluding carboxylic acids is 1. The predicted octanol–water partition coefficient (Wildman–Crippen LogP) is 3.34. The molecule has 4 heteroatoms. The molecule has 0 amide bonds. The average Bonchev–Trinajstić information content (AvgIpc) is 2.97. The van der Waals surface area contributed by atoms with Gasteiger partial charge < -0.3 is 9.47 Å². The Hall–Kier alpha value is -2.80. The van der Waals surface area contributed by atoms with Gasteiger partial charge in [0.2, 0.25) is 0 Å². The van der Waals surface area contributed by atoms with Crippen LogP contribution in [0.3, 0.4) is 0 Å². The van der Waals surface area contributed by atoms with Crippen molar-refractivity contribution in [3.8, 4) is 11.8 Å². The van der Waals surface area contributed by atoms with E-state index < -0.39 is 0 Å². The fraction of sp³-hybridized carbons (Fsp3) is 0.222. The summed E-state index contributed by atoms with van der Waals surface area (Å²) in [4.78, 5) is 11.8. The van der Waals surface area contributed by atoms with Crippen LogP contribution in [0.15, 0.2) is 48.5 Å². The average molecular weight is 293 g/mol. The fourth-order valence-electron chi connectivity index (χ4n) is 2.75. The number of nitrogens with zero attached hydrogens (tertiary/aromatic N) is 1. The van der Waals surface area contributed by atoms with Crippen molar-refractivity contribution in [2.45, 2.75) is 18.4 Å². The lowest BCUT2D eigenvalue weighted by Crippen LogP contribution is -2.06. The first-order chi connectivity index (χ1) is 10.7. The van der Waals surface area contributed by atoms with Crippen molar-refractivity contribution < 1.29 is 14.3 Å². The van der Waals surface area contributed by atoms with Crippen LogP contribution in [0.1, 0.15) is 35.1 Å². The van der Waals surface area contributed by atoms with Crippen LogP contribution < -0.4 is 4.74 Å². The minimum absolute atomic E-state index is 0.0337. The zero-order valence-electron chi connectivity index (χ0n) is 12.2. The molecule has 110 valence electrons. The van der Waals surface area contributed by atoms with Crippen LogP contribution in [-0.2, 0) is 9.53 Å². The SMILES string of the molecule is COc1ccc([C@H]2OC(=O)C[C@H]2c2ccc(C#N)cc2)cc1. The van der Waals surface area contributed by atoms with Gasteiger partial charge in [-0.25, -0.2) is 0 Å². The van der Waals surface area contributed by atoms with Crippen LogP contribution in [0, 0.1) is 11.3 Å². The van der Waals surface area contributed by atoms with E-state index in [2.05, 4.69) is 6.07 Å². The molecule has 1 fully saturated rings. The molecule has 1 aliphatic rings. The number of ether oxygens (including phenoxy) is 2. The Kier molecular flexibility index (Phi) is 3.80. The van der Waals surface area contributed by atoms with Crippen LogP contribution >= 0.6 is 0 Å². The maximum absolute atomic E-state index is 11.8. The van der Waals surface area contributed by atoms with Crippen molar-refractivity contribution in [3.63, 3.8) is 0 Å². The number of hydrogen-bond donors (Lipinski definition) is 0. The van der Waals surface area contributed by atoms with Crippen molar-refractivity contribution in [1.82, 2.24) is 0 Å². The summed E-state index contributed by atoms with van der Waals surface area (Å²) in [5.41, 5.74) is 2.56. The topological polar surface area (TPSA) is 59.3 Å². The van der Waals surface area contributed by atoms with Gasteiger partial charge in [-0.05, 0) is 35.4 Å². The third kappa shape index (κ3) is 2.66. The molecule has 1 saturated heterocycles. The van der Waals surface area contributed by atoms with Gasteiger partial charge in [-0.1, -0.05) is 24.3 Å². The van der Waals surface area contributed by atoms with E-state index in [1.165, 1.54) is 0 Å². The number of carbonyl (C=O) groups is 1. The van der Waals surface area contributed by atoms with Crippen LogP contribution in [-0.4, -0.2) is 13.1 Å². The van der Waals surface area contributed by atoms with Gasteiger partial charge in [0.15, 0.2) is 0 Å². The lowest BCUT2D eigenvalue weighted by atomic mass is 9.88. The summed E-state index contributed by atoms with van der Waals surface area (Å²) in [5, 5.41) is 8.87. The van der Waals surface area contributed by atoms with E-state index in [0.29, 0.717) is 12.0 Å². The summed E-state index contributed by atoms with van der Waals surface area (Å²) in [6.45, 7) is 0. The van der Waals surface area contributed by atoms with E-state index in [1.807, 2.05) is 36.4 Å². The normalized spacial score (nSPS) is 20.3. The summed E-state index contributed by atoms with van der Waals surface area (Å²) in [5.74, 6) is 0.534. The first kappa shape index (κ1) is 14.2. The maximum atomic E-state index is 11.8. The molecule has 0 spiro atoms. The number of nitriles is 1. The highest BCUT2D eigenvalue weighted by molar-refractivity contribution is 5.74. The zero-order valence-corrected chi connectivity index (χ0v) is 12.2. The monoisotopic (exact) mass is 293 g/mol. The molecule has 0 N–H and O–H groups in total. The highest BCUT2D eigenvalue weighted by Gasteiger charge is 2.36. The van der Waals surface area contributed by atoms with Gasteiger partial charge in [0.1, 0.15) is 11.9 Å². The molecule has 0 aromatic heterocycles. The number of esters is 1. The van der Waals surface area contributed by atoms with Crippen molar-refractivity contribution in [2.24, 2.45) is 0 Å². The Bertz CT molecular complexity index is 713. The van der Waals surface area contributed by atoms with Gasteiger partial charge in [-0.2, -0.15) is 5.26 Å². The molecule has 0 bridgehead atoms. The van der Waals surface area contributed by atoms with Gasteiger partial charge in [-0.15, -0.1) is 0 Å². The molecule has 0 radical (unpaired) electrons. The van der Waals surface area contributed by atoms with Crippen molar-refractivity contribution in [3.05, 3.63) is 65.2 Å². The van der Waals surface area contributed by atoms with Gasteiger partial charge >= 0.3 is 5.97 Å². The number of cyclic esters (lactones) is 1. The molecule has 0 unspecified atom stereocenters. The van der Waals surface area contributed by atoms with Crippen LogP contribution in [0.5, 0.6) is 5.75 Å². The summed E-state index contributed by atoms with van der Waals surface area (Å²) in [6, 6.07) is 17.0. The van der Waals surface area contributed by atoms with Crippen molar-refractivity contribution >= 4 is 5.97 Å². The maximum Gasteiger partial charge on any atom is 0.307 e. The second-order valence-corrected chi connectivity index (χ2v) is 5.23. The number of methoxy groups -OCH3 is 1. The van der Waals surface area contributed by atoms with Crippen molar-refractivity contribution in [1.29, 1.82) is 5.26 Å². The van der Waals surface area contributed by atoms with Gasteiger partial charge in [0.05, 0.1) is 25.2 Å². The van der Waals surface area contributed by atoms with E-state index in [9.17, 15) is 4.79 Å². The molecule has 4 nitrogen and oxygen atoms in total. The highest BCUT2D eigenvalue weighted by Crippen LogP contribution is 2.42. The van der Waals surface area contributed by atoms with E-state index >= 15 is 0 Å². The van der Waals surface area contributed by atoms with Crippen molar-refractivity contribution in [2.75, 3.05) is 7.11 Å². The van der Waals surface area contributed by atoms with Gasteiger partial charge in [-0.3, -0.25) is 4.79 Å². The molecule has 3 rings (SSSR count). The molecule has 2 aromatic carbocycles. The third-order valence-electron chi connectivity index (χ3n) is 3.92. The molecule has 1 heterocycles. The minimum atomic E-state index is -0.300. The van der Waals surface area contributed by atoms with Crippen LogP contribution in [0.4, 0.5) is 0 Å². The Morgan fingerprint density at radius 2 is 1.73 bits per heavy atom. The molecule has 1 aliphatic heterocycles. The molecule has 22 heavy (non-hydrogen) atoms. The Labute approximate surface area is 128 Å². The molecular formula is C18H15NO3. The standard InChI is InChI=1S/C18H15NO3/c1-21-15-8-6-14(7-9-15)18-16(10-17(20)22-18)13-4-2-12(11-19)3-5-13/h2-9,16,18H,10H2,1H3/t16-,18+/m0/s1. The lowest BCUT2D eigenvalue weighted by molar-refractivity contribution is -0.141. The summed E-state index contributed by atoms with van der Waals surface area (Å²) >= 11 is 0. The predicted molar refractivity (Wildman–Crippen MR) is 80.3 cm³/mol. The summed E-state index contributed by atoms with van der Waals surface area (Å²) in [7, 11) is 1.62. The number of benzene rings is 2. The third-order valence-corrected chi connectivity index (χ3v) is 3.92. The van der Waals surface area contributed by atoms with E-state index in [-0.39, 0.29) is 18.0 Å². The molecule has 2 aromatic rings. The van der Waals surface area contributed by atoms with Gasteiger partial charge in [0.25, 0.3) is 0 Å². The Morgan fingerprint density at radius 1 is 1.09 bits per heavy atom. The minimum Gasteiger partial charge on any atom is -0.497 e. The Morgan fingerprint density at radius 3 is 2.32 bits per heavy atom.